The highest BCUT2D eigenvalue weighted by atomic mass is 35.5. The number of carbonyl (C=O) groups excluding carboxylic acids is 1. The lowest BCUT2D eigenvalue weighted by Crippen LogP contribution is -2.44. The Morgan fingerprint density at radius 1 is 1.03 bits per heavy atom. The number of piperidine rings is 1. The number of benzene rings is 1. The van der Waals surface area contributed by atoms with Gasteiger partial charge in [-0.25, -0.2) is 0 Å². The summed E-state index contributed by atoms with van der Waals surface area (Å²) >= 11 is 12.4. The summed E-state index contributed by atoms with van der Waals surface area (Å²) in [6.45, 7) is 9.36. The minimum Gasteiger partial charge on any atom is -0.351 e. The van der Waals surface area contributed by atoms with Gasteiger partial charge in [-0.05, 0) is 76.0 Å². The van der Waals surface area contributed by atoms with E-state index >= 15 is 0 Å². The maximum absolute atomic E-state index is 13.0. The van der Waals surface area contributed by atoms with E-state index in [2.05, 4.69) is 22.0 Å². The first-order chi connectivity index (χ1) is 17.0. The summed E-state index contributed by atoms with van der Waals surface area (Å²) in [5.41, 5.74) is 2.10. The highest BCUT2D eigenvalue weighted by Gasteiger charge is 2.26. The summed E-state index contributed by atoms with van der Waals surface area (Å²) in [6.07, 6.45) is 11.7. The van der Waals surface area contributed by atoms with Crippen molar-refractivity contribution >= 4 is 29.1 Å². The average molecular weight is 521 g/mol. The molecule has 1 aromatic heterocycles. The van der Waals surface area contributed by atoms with Gasteiger partial charge in [-0.3, -0.25) is 9.48 Å². The fourth-order valence-electron chi connectivity index (χ4n) is 5.27. The lowest BCUT2D eigenvalue weighted by Gasteiger charge is -2.36. The van der Waals surface area contributed by atoms with Crippen LogP contribution in [0.3, 0.4) is 0 Å². The second-order valence-corrected chi connectivity index (χ2v) is 10.7. The number of likely N-dealkylation sites (tertiary alicyclic amines) is 2. The monoisotopic (exact) mass is 519 g/mol. The highest BCUT2D eigenvalue weighted by Crippen LogP contribution is 2.30. The Morgan fingerprint density at radius 2 is 1.80 bits per heavy atom. The Kier molecular flexibility index (Phi) is 9.90. The molecule has 0 spiro atoms. The van der Waals surface area contributed by atoms with Crippen molar-refractivity contribution in [3.8, 4) is 11.1 Å². The van der Waals surface area contributed by atoms with Gasteiger partial charge in [0.1, 0.15) is 0 Å². The Balaban J connectivity index is 1.39. The molecular weight excluding hydrogens is 481 g/mol. The van der Waals surface area contributed by atoms with Gasteiger partial charge in [0.15, 0.2) is 5.69 Å². The van der Waals surface area contributed by atoms with E-state index < -0.39 is 0 Å². The van der Waals surface area contributed by atoms with Crippen LogP contribution in [0.5, 0.6) is 0 Å². The van der Waals surface area contributed by atoms with Crippen molar-refractivity contribution in [2.24, 2.45) is 0 Å². The van der Waals surface area contributed by atoms with Crippen LogP contribution in [0.2, 0.25) is 10.0 Å². The van der Waals surface area contributed by atoms with Crippen molar-refractivity contribution in [2.75, 3.05) is 39.3 Å². The van der Waals surface area contributed by atoms with Crippen LogP contribution in [0.4, 0.5) is 0 Å². The Morgan fingerprint density at radius 3 is 2.51 bits per heavy atom. The predicted octanol–water partition coefficient (Wildman–Crippen LogP) is 5.73. The molecule has 0 aliphatic carbocycles. The van der Waals surface area contributed by atoms with E-state index in [-0.39, 0.29) is 5.91 Å². The zero-order chi connectivity index (χ0) is 24.6. The van der Waals surface area contributed by atoms with Gasteiger partial charge >= 0.3 is 0 Å². The number of hydrogen-bond acceptors (Lipinski definition) is 4. The molecule has 2 saturated heterocycles. The SMILES string of the molecule is CCCCCCNC(=O)c1nn(CCN2CCC(N3CCCC3)CC2)cc1-c1ccc(Cl)c(Cl)c1. The number of nitrogens with one attached hydrogen (secondary N) is 1. The molecule has 1 N–H and O–H groups in total. The molecular formula is C27H39Cl2N5O. The van der Waals surface area contributed by atoms with E-state index in [9.17, 15) is 4.79 Å². The quantitative estimate of drug-likeness (QED) is 0.385. The number of unbranched alkanes of at least 4 members (excludes halogenated alkanes) is 3. The minimum atomic E-state index is -0.132. The summed E-state index contributed by atoms with van der Waals surface area (Å²) in [4.78, 5) is 18.3. The second-order valence-electron chi connectivity index (χ2n) is 9.92. The summed E-state index contributed by atoms with van der Waals surface area (Å²) < 4.78 is 1.91. The van der Waals surface area contributed by atoms with Crippen molar-refractivity contribution < 1.29 is 4.79 Å². The van der Waals surface area contributed by atoms with Gasteiger partial charge in [-0.1, -0.05) is 55.5 Å². The topological polar surface area (TPSA) is 53.4 Å². The maximum Gasteiger partial charge on any atom is 0.272 e. The molecule has 3 heterocycles. The first-order valence-corrected chi connectivity index (χ1v) is 14.1. The standard InChI is InChI=1S/C27H39Cl2N5O/c1-2-3-4-5-12-30-27(35)26-23(21-8-9-24(28)25(29)19-21)20-34(31-26)18-17-32-15-10-22(11-16-32)33-13-6-7-14-33/h8-9,19-20,22H,2-7,10-18H2,1H3,(H,30,35). The number of hydrogen-bond donors (Lipinski definition) is 1. The highest BCUT2D eigenvalue weighted by molar-refractivity contribution is 6.42. The molecule has 1 amide bonds. The van der Waals surface area contributed by atoms with Crippen LogP contribution in [0.1, 0.15) is 68.8 Å². The van der Waals surface area contributed by atoms with Crippen molar-refractivity contribution in [1.82, 2.24) is 24.9 Å². The molecule has 0 atom stereocenters. The lowest BCUT2D eigenvalue weighted by atomic mass is 10.0. The molecule has 4 rings (SSSR count). The smallest absolute Gasteiger partial charge is 0.272 e. The van der Waals surface area contributed by atoms with Crippen LogP contribution in [0, 0.1) is 0 Å². The van der Waals surface area contributed by atoms with E-state index in [0.29, 0.717) is 22.3 Å². The van der Waals surface area contributed by atoms with Gasteiger partial charge in [0.05, 0.1) is 16.6 Å². The van der Waals surface area contributed by atoms with Crippen LogP contribution < -0.4 is 5.32 Å². The molecule has 8 heteroatoms. The zero-order valence-electron chi connectivity index (χ0n) is 20.9. The molecule has 2 fully saturated rings. The van der Waals surface area contributed by atoms with Gasteiger partial charge in [0.2, 0.25) is 0 Å². The molecule has 0 saturated carbocycles. The Hall–Kier alpha value is -1.60. The van der Waals surface area contributed by atoms with Crippen LogP contribution in [0.25, 0.3) is 11.1 Å². The molecule has 2 aliphatic heterocycles. The van der Waals surface area contributed by atoms with Gasteiger partial charge in [0, 0.05) is 30.9 Å². The summed E-state index contributed by atoms with van der Waals surface area (Å²) in [7, 11) is 0. The lowest BCUT2D eigenvalue weighted by molar-refractivity contribution is 0.0947. The number of rotatable bonds is 11. The van der Waals surface area contributed by atoms with E-state index in [1.165, 1.54) is 51.6 Å². The van der Waals surface area contributed by atoms with Gasteiger partial charge in [-0.15, -0.1) is 0 Å². The second kappa shape index (κ2) is 13.1. The summed E-state index contributed by atoms with van der Waals surface area (Å²) in [5, 5.41) is 8.74. The number of halogens is 2. The molecule has 0 unspecified atom stereocenters. The van der Waals surface area contributed by atoms with Crippen LogP contribution in [-0.4, -0.2) is 70.8 Å². The Bertz CT molecular complexity index is 964. The third-order valence-electron chi connectivity index (χ3n) is 7.38. The number of amides is 1. The van der Waals surface area contributed by atoms with Crippen molar-refractivity contribution in [1.29, 1.82) is 0 Å². The summed E-state index contributed by atoms with van der Waals surface area (Å²) in [6, 6.07) is 6.24. The summed E-state index contributed by atoms with van der Waals surface area (Å²) in [5.74, 6) is -0.132. The third kappa shape index (κ3) is 7.22. The van der Waals surface area contributed by atoms with Crippen molar-refractivity contribution in [2.45, 2.75) is 70.9 Å². The number of carbonyl (C=O) groups is 1. The minimum absolute atomic E-state index is 0.132. The normalized spacial score (nSPS) is 17.8. The largest absolute Gasteiger partial charge is 0.351 e. The molecule has 35 heavy (non-hydrogen) atoms. The first-order valence-electron chi connectivity index (χ1n) is 13.3. The van der Waals surface area contributed by atoms with Gasteiger partial charge in [0.25, 0.3) is 5.91 Å². The van der Waals surface area contributed by atoms with Crippen LogP contribution in [0.15, 0.2) is 24.4 Å². The Labute approximate surface area is 219 Å². The third-order valence-corrected chi connectivity index (χ3v) is 8.12. The van der Waals surface area contributed by atoms with Crippen molar-refractivity contribution in [3.63, 3.8) is 0 Å². The molecule has 0 radical (unpaired) electrons. The fraction of sp³-hybridized carbons (Fsp3) is 0.630. The predicted molar refractivity (Wildman–Crippen MR) is 144 cm³/mol. The van der Waals surface area contributed by atoms with Crippen LogP contribution in [-0.2, 0) is 6.54 Å². The molecule has 6 nitrogen and oxygen atoms in total. The van der Waals surface area contributed by atoms with E-state index in [1.807, 2.05) is 23.0 Å². The number of nitrogens with zero attached hydrogens (tertiary/aromatic N) is 4. The van der Waals surface area contributed by atoms with E-state index in [4.69, 9.17) is 28.3 Å². The molecule has 1 aromatic carbocycles. The first kappa shape index (κ1) is 26.5. The molecule has 0 bridgehead atoms. The maximum atomic E-state index is 13.0. The zero-order valence-corrected chi connectivity index (χ0v) is 22.5. The fourth-order valence-corrected chi connectivity index (χ4v) is 5.57. The van der Waals surface area contributed by atoms with Gasteiger partial charge < -0.3 is 15.1 Å². The number of aromatic nitrogens is 2. The van der Waals surface area contributed by atoms with E-state index in [0.717, 1.165) is 56.2 Å². The molecule has 2 aromatic rings. The van der Waals surface area contributed by atoms with Gasteiger partial charge in [-0.2, -0.15) is 5.10 Å². The van der Waals surface area contributed by atoms with Crippen molar-refractivity contribution in [3.05, 3.63) is 40.1 Å². The average Bonchev–Trinajstić information content (AvgIpc) is 3.55. The van der Waals surface area contributed by atoms with E-state index in [1.54, 1.807) is 6.07 Å². The molecule has 192 valence electrons. The van der Waals surface area contributed by atoms with Crippen LogP contribution >= 0.6 is 23.2 Å². The molecule has 2 aliphatic rings.